The average molecular weight is 702 g/mol. The number of nitrogens with zero attached hydrogens (tertiary/aromatic N) is 3. The smallest absolute Gasteiger partial charge is 0.164 e. The van der Waals surface area contributed by atoms with E-state index in [1.165, 1.54) is 37.9 Å². The third kappa shape index (κ3) is 5.26. The van der Waals surface area contributed by atoms with Crippen molar-refractivity contribution in [1.82, 2.24) is 15.0 Å². The monoisotopic (exact) mass is 701 g/mol. The number of hydrogen-bond acceptors (Lipinski definition) is 4. The number of rotatable bonds is 5. The molecule has 0 N–H and O–H groups in total. The minimum atomic E-state index is 0.615. The Balaban J connectivity index is 1.02. The summed E-state index contributed by atoms with van der Waals surface area (Å²) in [6.45, 7) is 0. The molecular formula is C51H31N3O. The normalized spacial score (nSPS) is 11.6. The maximum Gasteiger partial charge on any atom is 0.164 e. The van der Waals surface area contributed by atoms with Gasteiger partial charge in [-0.05, 0) is 79.3 Å². The van der Waals surface area contributed by atoms with Gasteiger partial charge in [0.25, 0.3) is 0 Å². The standard InChI is InChI=1S/C51H31N3O/c1-3-13-32(14-4-1)49-52-50(33-15-5-2-6-16-33)54-51(53-49)37-26-28-47-46(31-37)44-24-12-23-38(48(44)55-47)36-18-11-17-34(29-36)35-25-27-43-41-21-8-7-19-39(41)40-20-9-10-22-42(40)45(43)30-35/h1-31H. The van der Waals surface area contributed by atoms with Crippen LogP contribution in [0.3, 0.4) is 0 Å². The quantitative estimate of drug-likeness (QED) is 0.168. The van der Waals surface area contributed by atoms with Crippen molar-refractivity contribution in [1.29, 1.82) is 0 Å². The van der Waals surface area contributed by atoms with Crippen molar-refractivity contribution >= 4 is 54.3 Å². The molecule has 0 aliphatic heterocycles. The zero-order valence-electron chi connectivity index (χ0n) is 29.6. The Hall–Kier alpha value is -7.43. The van der Waals surface area contributed by atoms with Crippen LogP contribution in [0.1, 0.15) is 0 Å². The van der Waals surface area contributed by atoms with Crippen molar-refractivity contribution in [3.05, 3.63) is 188 Å². The predicted octanol–water partition coefficient (Wildman–Crippen LogP) is 13.6. The second-order valence-corrected chi connectivity index (χ2v) is 14.0. The average Bonchev–Trinajstić information content (AvgIpc) is 3.65. The molecule has 0 aliphatic carbocycles. The summed E-state index contributed by atoms with van der Waals surface area (Å²) in [4.78, 5) is 14.8. The first-order valence-electron chi connectivity index (χ1n) is 18.5. The Morgan fingerprint density at radius 3 is 1.38 bits per heavy atom. The molecule has 256 valence electrons. The highest BCUT2D eigenvalue weighted by atomic mass is 16.3. The third-order valence-electron chi connectivity index (χ3n) is 10.7. The van der Waals surface area contributed by atoms with E-state index in [0.717, 1.165) is 55.3 Å². The largest absolute Gasteiger partial charge is 0.455 e. The lowest BCUT2D eigenvalue weighted by atomic mass is 9.91. The van der Waals surface area contributed by atoms with Crippen LogP contribution in [-0.2, 0) is 0 Å². The topological polar surface area (TPSA) is 51.8 Å². The Morgan fingerprint density at radius 2 is 0.727 bits per heavy atom. The van der Waals surface area contributed by atoms with E-state index in [0.29, 0.717) is 17.5 Å². The minimum Gasteiger partial charge on any atom is -0.455 e. The molecule has 0 bridgehead atoms. The number of furan rings is 1. The second kappa shape index (κ2) is 12.6. The molecule has 0 saturated heterocycles. The summed E-state index contributed by atoms with van der Waals surface area (Å²) >= 11 is 0. The fraction of sp³-hybridized carbons (Fsp3) is 0. The van der Waals surface area contributed by atoms with Gasteiger partial charge in [-0.25, -0.2) is 15.0 Å². The maximum absolute atomic E-state index is 6.65. The first-order valence-corrected chi connectivity index (χ1v) is 18.5. The molecule has 0 aliphatic rings. The molecule has 9 aromatic carbocycles. The van der Waals surface area contributed by atoms with Crippen LogP contribution >= 0.6 is 0 Å². The molecule has 0 unspecified atom stereocenters. The fourth-order valence-corrected chi connectivity index (χ4v) is 8.06. The SMILES string of the molecule is c1ccc(-c2nc(-c3ccccc3)nc(-c3ccc4oc5c(-c6cccc(-c7ccc8c9ccccc9c9ccccc9c8c7)c6)cccc5c4c3)n2)cc1. The van der Waals surface area contributed by atoms with Crippen molar-refractivity contribution < 1.29 is 4.42 Å². The molecule has 0 atom stereocenters. The van der Waals surface area contributed by atoms with Gasteiger partial charge in [-0.3, -0.25) is 0 Å². The van der Waals surface area contributed by atoms with Gasteiger partial charge in [-0.15, -0.1) is 0 Å². The molecule has 0 spiro atoms. The van der Waals surface area contributed by atoms with Gasteiger partial charge in [0.1, 0.15) is 11.2 Å². The van der Waals surface area contributed by atoms with Crippen LogP contribution in [0.5, 0.6) is 0 Å². The van der Waals surface area contributed by atoms with E-state index in [1.54, 1.807) is 0 Å². The van der Waals surface area contributed by atoms with E-state index in [1.807, 2.05) is 72.8 Å². The molecule has 2 aromatic heterocycles. The lowest BCUT2D eigenvalue weighted by molar-refractivity contribution is 0.670. The highest BCUT2D eigenvalue weighted by Gasteiger charge is 2.17. The van der Waals surface area contributed by atoms with Crippen molar-refractivity contribution in [3.63, 3.8) is 0 Å². The van der Waals surface area contributed by atoms with Gasteiger partial charge in [0.05, 0.1) is 0 Å². The van der Waals surface area contributed by atoms with Crippen LogP contribution < -0.4 is 0 Å². The Bertz CT molecular complexity index is 3170. The summed E-state index contributed by atoms with van der Waals surface area (Å²) in [6, 6.07) is 65.8. The lowest BCUT2D eigenvalue weighted by Crippen LogP contribution is -2.00. The number of fused-ring (bicyclic) bond motifs is 9. The molecule has 0 saturated carbocycles. The maximum atomic E-state index is 6.65. The molecule has 2 heterocycles. The van der Waals surface area contributed by atoms with Crippen LogP contribution in [0.4, 0.5) is 0 Å². The van der Waals surface area contributed by atoms with E-state index in [9.17, 15) is 0 Å². The zero-order chi connectivity index (χ0) is 36.3. The molecule has 0 amide bonds. The lowest BCUT2D eigenvalue weighted by Gasteiger charge is -2.12. The van der Waals surface area contributed by atoms with Crippen LogP contribution in [0.25, 0.3) is 111 Å². The van der Waals surface area contributed by atoms with Crippen molar-refractivity contribution in [2.24, 2.45) is 0 Å². The van der Waals surface area contributed by atoms with Crippen molar-refractivity contribution in [2.75, 3.05) is 0 Å². The van der Waals surface area contributed by atoms with Gasteiger partial charge < -0.3 is 4.42 Å². The van der Waals surface area contributed by atoms with Crippen molar-refractivity contribution in [2.45, 2.75) is 0 Å². The Morgan fingerprint density at radius 1 is 0.273 bits per heavy atom. The van der Waals surface area contributed by atoms with E-state index in [4.69, 9.17) is 19.4 Å². The molecule has 4 nitrogen and oxygen atoms in total. The molecule has 11 aromatic rings. The molecule has 0 radical (unpaired) electrons. The van der Waals surface area contributed by atoms with Gasteiger partial charge in [-0.2, -0.15) is 0 Å². The van der Waals surface area contributed by atoms with Gasteiger partial charge in [0.15, 0.2) is 17.5 Å². The molecule has 0 fully saturated rings. The highest BCUT2D eigenvalue weighted by Crippen LogP contribution is 2.40. The van der Waals surface area contributed by atoms with Crippen LogP contribution in [0.15, 0.2) is 192 Å². The predicted molar refractivity (Wildman–Crippen MR) is 227 cm³/mol. The summed E-state index contributed by atoms with van der Waals surface area (Å²) in [6.07, 6.45) is 0. The number of hydrogen-bond donors (Lipinski definition) is 0. The third-order valence-corrected chi connectivity index (χ3v) is 10.7. The molecule has 4 heteroatoms. The number of benzene rings is 9. The molecule has 11 rings (SSSR count). The van der Waals surface area contributed by atoms with Gasteiger partial charge in [0.2, 0.25) is 0 Å². The summed E-state index contributed by atoms with van der Waals surface area (Å²) in [5.41, 5.74) is 8.94. The van der Waals surface area contributed by atoms with E-state index < -0.39 is 0 Å². The summed E-state index contributed by atoms with van der Waals surface area (Å²) in [5.74, 6) is 1.89. The van der Waals surface area contributed by atoms with Gasteiger partial charge in [-0.1, -0.05) is 158 Å². The zero-order valence-corrected chi connectivity index (χ0v) is 29.6. The molecule has 55 heavy (non-hydrogen) atoms. The first kappa shape index (κ1) is 31.1. The van der Waals surface area contributed by atoms with Crippen LogP contribution in [-0.4, -0.2) is 15.0 Å². The Labute approximate surface area is 317 Å². The number of aromatic nitrogens is 3. The molecular weight excluding hydrogens is 671 g/mol. The number of para-hydroxylation sites is 1. The van der Waals surface area contributed by atoms with E-state index in [2.05, 4.69) is 115 Å². The van der Waals surface area contributed by atoms with E-state index >= 15 is 0 Å². The van der Waals surface area contributed by atoms with Gasteiger partial charge in [0, 0.05) is 33.0 Å². The van der Waals surface area contributed by atoms with E-state index in [-0.39, 0.29) is 0 Å². The Kier molecular flexibility index (Phi) is 7.14. The summed E-state index contributed by atoms with van der Waals surface area (Å²) in [7, 11) is 0. The summed E-state index contributed by atoms with van der Waals surface area (Å²) in [5, 5.41) is 9.70. The first-order chi connectivity index (χ1) is 27.2. The minimum absolute atomic E-state index is 0.615. The van der Waals surface area contributed by atoms with Crippen molar-refractivity contribution in [3.8, 4) is 56.4 Å². The second-order valence-electron chi connectivity index (χ2n) is 14.0. The summed E-state index contributed by atoms with van der Waals surface area (Å²) < 4.78 is 6.65. The van der Waals surface area contributed by atoms with Crippen LogP contribution in [0, 0.1) is 0 Å². The highest BCUT2D eigenvalue weighted by molar-refractivity contribution is 6.25. The fourth-order valence-electron chi connectivity index (χ4n) is 8.06. The van der Waals surface area contributed by atoms with Crippen LogP contribution in [0.2, 0.25) is 0 Å². The van der Waals surface area contributed by atoms with Gasteiger partial charge >= 0.3 is 0 Å².